The number of halogens is 1. The number of pyridine rings is 1. The molecule has 0 spiro atoms. The topological polar surface area (TPSA) is 115 Å². The second-order valence-corrected chi connectivity index (χ2v) is 10.3. The molecule has 38 heavy (non-hydrogen) atoms. The van der Waals surface area contributed by atoms with Crippen LogP contribution in [0.25, 0.3) is 22.2 Å². The summed E-state index contributed by atoms with van der Waals surface area (Å²) in [6.07, 6.45) is 6.69. The lowest BCUT2D eigenvalue weighted by molar-refractivity contribution is 0.0960. The van der Waals surface area contributed by atoms with Gasteiger partial charge in [-0.2, -0.15) is 0 Å². The van der Waals surface area contributed by atoms with Crippen LogP contribution < -0.4 is 15.4 Å². The van der Waals surface area contributed by atoms with Crippen LogP contribution in [0.5, 0.6) is 6.01 Å². The van der Waals surface area contributed by atoms with E-state index in [1.54, 1.807) is 18.5 Å². The molecule has 3 aromatic heterocycles. The predicted octanol–water partition coefficient (Wildman–Crippen LogP) is 4.94. The summed E-state index contributed by atoms with van der Waals surface area (Å²) in [6, 6.07) is 7.65. The van der Waals surface area contributed by atoms with Crippen molar-refractivity contribution in [2.45, 2.75) is 52.1 Å². The monoisotopic (exact) mass is 517 g/mol. The van der Waals surface area contributed by atoms with E-state index < -0.39 is 22.7 Å². The minimum Gasteiger partial charge on any atom is -0.458 e. The van der Waals surface area contributed by atoms with Crippen LogP contribution in [0.1, 0.15) is 57.0 Å². The van der Waals surface area contributed by atoms with Gasteiger partial charge in [-0.25, -0.2) is 24.3 Å². The molecule has 0 aliphatic rings. The highest BCUT2D eigenvalue weighted by Gasteiger charge is 2.29. The van der Waals surface area contributed by atoms with Crippen molar-refractivity contribution in [3.05, 3.63) is 66.1 Å². The highest BCUT2D eigenvalue weighted by molar-refractivity contribution is 6.06. The van der Waals surface area contributed by atoms with Crippen molar-refractivity contribution in [2.24, 2.45) is 0 Å². The molecule has 0 aliphatic carbocycles. The Morgan fingerprint density at radius 3 is 2.42 bits per heavy atom. The van der Waals surface area contributed by atoms with Crippen molar-refractivity contribution in [3.8, 4) is 17.3 Å². The molecular weight excluding hydrogens is 485 g/mol. The number of nitrogens with zero attached hydrogens (tertiary/aromatic N) is 5. The van der Waals surface area contributed by atoms with Gasteiger partial charge in [-0.15, -0.1) is 0 Å². The number of aromatic nitrogens is 5. The van der Waals surface area contributed by atoms with Crippen molar-refractivity contribution in [1.82, 2.24) is 30.2 Å². The molecule has 0 saturated heterocycles. The fraction of sp³-hybridized carbons (Fsp3) is 0.357. The van der Waals surface area contributed by atoms with E-state index in [1.807, 2.05) is 39.0 Å². The Morgan fingerprint density at radius 2 is 1.76 bits per heavy atom. The molecule has 4 aromatic rings. The molecule has 198 valence electrons. The van der Waals surface area contributed by atoms with Gasteiger partial charge in [0.05, 0.1) is 23.0 Å². The summed E-state index contributed by atoms with van der Waals surface area (Å²) in [5.74, 6) is -0.505. The first-order valence-corrected chi connectivity index (χ1v) is 12.4. The van der Waals surface area contributed by atoms with Crippen molar-refractivity contribution in [3.63, 3.8) is 0 Å². The maximum absolute atomic E-state index is 14.5. The zero-order valence-corrected chi connectivity index (χ0v) is 22.5. The number of ether oxygens (including phenoxy) is 1. The molecular formula is C28H32FN7O2. The zero-order chi connectivity index (χ0) is 27.5. The molecule has 0 unspecified atom stereocenters. The minimum absolute atomic E-state index is 0.00709. The lowest BCUT2D eigenvalue weighted by atomic mass is 9.78. The second kappa shape index (κ2) is 10.6. The second-order valence-electron chi connectivity index (χ2n) is 10.3. The Hall–Kier alpha value is -4.21. The maximum atomic E-state index is 14.5. The average Bonchev–Trinajstić information content (AvgIpc) is 2.90. The number of nitrogens with one attached hydrogen (secondary N) is 2. The largest absolute Gasteiger partial charge is 0.458 e. The number of benzene rings is 1. The van der Waals surface area contributed by atoms with Gasteiger partial charge in [-0.05, 0) is 32.8 Å². The van der Waals surface area contributed by atoms with Crippen molar-refractivity contribution in [2.75, 3.05) is 18.9 Å². The number of hydrogen-bond acceptors (Lipinski definition) is 8. The number of para-hydroxylation sites is 1. The van der Waals surface area contributed by atoms with E-state index in [1.165, 1.54) is 13.4 Å². The number of carbonyl (C=O) groups is 1. The summed E-state index contributed by atoms with van der Waals surface area (Å²) in [5.41, 5.74) is 2.11. The van der Waals surface area contributed by atoms with Gasteiger partial charge >= 0.3 is 6.01 Å². The molecule has 0 saturated carbocycles. The lowest BCUT2D eigenvalue weighted by Gasteiger charge is -2.30. The standard InChI is InChI=1S/C28H32FN7O2/c1-7-28(5,19-10-8-9-18-23(25(37)30-6)20(29)14-31-24(18)19)15-34-22-11-21(35-16-36-22)17-12-32-26(33-13-17)38-27(2,3)4/h8-14,16H,7,15H2,1-6H3,(H,30,37)(H,34,35,36)/t28-/m1/s1. The van der Waals surface area contributed by atoms with Gasteiger partial charge in [0.1, 0.15) is 17.7 Å². The van der Waals surface area contributed by atoms with E-state index in [0.717, 1.165) is 23.7 Å². The fourth-order valence-electron chi connectivity index (χ4n) is 4.12. The first-order valence-electron chi connectivity index (χ1n) is 12.4. The van der Waals surface area contributed by atoms with Gasteiger partial charge in [0.15, 0.2) is 5.82 Å². The van der Waals surface area contributed by atoms with Gasteiger partial charge < -0.3 is 15.4 Å². The first kappa shape index (κ1) is 26.8. The number of rotatable bonds is 8. The molecule has 1 amide bonds. The number of fused-ring (bicyclic) bond motifs is 1. The van der Waals surface area contributed by atoms with E-state index in [-0.39, 0.29) is 5.56 Å². The van der Waals surface area contributed by atoms with Crippen LogP contribution in [-0.2, 0) is 5.41 Å². The van der Waals surface area contributed by atoms with Crippen molar-refractivity contribution < 1.29 is 13.9 Å². The van der Waals surface area contributed by atoms with E-state index in [2.05, 4.69) is 49.4 Å². The molecule has 0 fully saturated rings. The van der Waals surface area contributed by atoms with E-state index >= 15 is 0 Å². The molecule has 10 heteroatoms. The summed E-state index contributed by atoms with van der Waals surface area (Å²) in [6.45, 7) is 10.5. The molecule has 1 aromatic carbocycles. The Bertz CT molecular complexity index is 1450. The molecule has 4 rings (SSSR count). The maximum Gasteiger partial charge on any atom is 0.316 e. The van der Waals surface area contributed by atoms with Gasteiger partial charge in [-0.3, -0.25) is 9.78 Å². The summed E-state index contributed by atoms with van der Waals surface area (Å²) in [4.78, 5) is 34.1. The van der Waals surface area contributed by atoms with Crippen LogP contribution >= 0.6 is 0 Å². The van der Waals surface area contributed by atoms with Crippen LogP contribution in [0.15, 0.2) is 49.2 Å². The predicted molar refractivity (Wildman–Crippen MR) is 145 cm³/mol. The minimum atomic E-state index is -0.652. The molecule has 2 N–H and O–H groups in total. The van der Waals surface area contributed by atoms with Crippen molar-refractivity contribution in [1.29, 1.82) is 0 Å². The summed E-state index contributed by atoms with van der Waals surface area (Å²) >= 11 is 0. The van der Waals surface area contributed by atoms with Crippen LogP contribution in [-0.4, -0.2) is 50.0 Å². The third-order valence-electron chi connectivity index (χ3n) is 6.38. The van der Waals surface area contributed by atoms with Crippen molar-refractivity contribution >= 4 is 22.6 Å². The molecule has 0 bridgehead atoms. The highest BCUT2D eigenvalue weighted by atomic mass is 19.1. The van der Waals surface area contributed by atoms with Crippen LogP contribution in [0.4, 0.5) is 10.2 Å². The third-order valence-corrected chi connectivity index (χ3v) is 6.38. The third kappa shape index (κ3) is 5.69. The lowest BCUT2D eigenvalue weighted by Crippen LogP contribution is -2.31. The Labute approximate surface area is 221 Å². The smallest absolute Gasteiger partial charge is 0.316 e. The molecule has 0 aliphatic heterocycles. The Morgan fingerprint density at radius 1 is 1.03 bits per heavy atom. The van der Waals surface area contributed by atoms with Gasteiger partial charge in [-0.1, -0.05) is 32.0 Å². The average molecular weight is 518 g/mol. The van der Waals surface area contributed by atoms with Crippen LogP contribution in [0, 0.1) is 5.82 Å². The number of amides is 1. The van der Waals surface area contributed by atoms with Gasteiger partial charge in [0.25, 0.3) is 5.91 Å². The molecule has 0 radical (unpaired) electrons. The summed E-state index contributed by atoms with van der Waals surface area (Å²) in [7, 11) is 1.48. The highest BCUT2D eigenvalue weighted by Crippen LogP contribution is 2.34. The van der Waals surface area contributed by atoms with Gasteiger partial charge in [0, 0.05) is 48.4 Å². The van der Waals surface area contributed by atoms with Crippen LogP contribution in [0.2, 0.25) is 0 Å². The Kier molecular flexibility index (Phi) is 7.52. The van der Waals surface area contributed by atoms with Gasteiger partial charge in [0.2, 0.25) is 0 Å². The first-order chi connectivity index (χ1) is 18.0. The van der Waals surface area contributed by atoms with Crippen LogP contribution in [0.3, 0.4) is 0 Å². The normalized spacial score (nSPS) is 13.1. The summed E-state index contributed by atoms with van der Waals surface area (Å²) in [5, 5.41) is 6.41. The Balaban J connectivity index is 1.60. The zero-order valence-electron chi connectivity index (χ0n) is 22.5. The SMILES string of the molecule is CC[C@](C)(CNc1cc(-c2cnc(OC(C)(C)C)nc2)ncn1)c1cccc2c(C(=O)NC)c(F)cnc12. The van der Waals surface area contributed by atoms with E-state index in [4.69, 9.17) is 4.74 Å². The fourth-order valence-corrected chi connectivity index (χ4v) is 4.12. The number of anilines is 1. The summed E-state index contributed by atoms with van der Waals surface area (Å²) < 4.78 is 20.2. The number of carbonyl (C=O) groups excluding carboxylic acids is 1. The molecule has 1 atom stereocenters. The van der Waals surface area contributed by atoms with E-state index in [0.29, 0.717) is 35.0 Å². The number of hydrogen-bond donors (Lipinski definition) is 2. The quantitative estimate of drug-likeness (QED) is 0.338. The molecule has 9 nitrogen and oxygen atoms in total. The molecule has 3 heterocycles. The van der Waals surface area contributed by atoms with E-state index in [9.17, 15) is 9.18 Å².